The Morgan fingerprint density at radius 2 is 2.03 bits per heavy atom. The highest BCUT2D eigenvalue weighted by Gasteiger charge is 2.19. The van der Waals surface area contributed by atoms with Crippen molar-refractivity contribution in [2.45, 2.75) is 45.8 Å². The van der Waals surface area contributed by atoms with E-state index in [-0.39, 0.29) is 16.6 Å². The minimum Gasteiger partial charge on any atom is -0.362 e. The molecule has 1 amide bonds. The van der Waals surface area contributed by atoms with Crippen LogP contribution in [-0.4, -0.2) is 43.6 Å². The first kappa shape index (κ1) is 25.1. The fourth-order valence-electron chi connectivity index (χ4n) is 4.52. The normalized spacial score (nSPS) is 14.7. The molecule has 1 fully saturated rings. The van der Waals surface area contributed by atoms with E-state index in [0.29, 0.717) is 29.3 Å². The Morgan fingerprint density at radius 1 is 1.22 bits per heavy atom. The Labute approximate surface area is 219 Å². The summed E-state index contributed by atoms with van der Waals surface area (Å²) in [6.45, 7) is 7.08. The standard InChI is InChI=1S/C27H29ClFN7O/c1-3-36-16-24-26(34-36)33-25(14-30-24)31-17(2)18-7-6-8-20(11-18)32-27(37)19-12-22(28)21(23(29)13-19)15-35-9-4-5-10-35/h6-8,11-14,16-17H,3-5,9-10,15H2,1-2H3,(H,32,37)(H,31,33,34)/t17-/m0/s1. The van der Waals surface area contributed by atoms with Crippen molar-refractivity contribution in [1.82, 2.24) is 24.6 Å². The minimum atomic E-state index is -0.460. The molecule has 1 saturated heterocycles. The minimum absolute atomic E-state index is 0.117. The summed E-state index contributed by atoms with van der Waals surface area (Å²) in [5, 5.41) is 10.9. The lowest BCUT2D eigenvalue weighted by atomic mass is 10.1. The van der Waals surface area contributed by atoms with Gasteiger partial charge in [-0.2, -0.15) is 5.10 Å². The number of aryl methyl sites for hydroxylation is 1. The van der Waals surface area contributed by atoms with Gasteiger partial charge in [0.25, 0.3) is 5.91 Å². The van der Waals surface area contributed by atoms with Crippen LogP contribution in [0.4, 0.5) is 15.9 Å². The third-order valence-electron chi connectivity index (χ3n) is 6.59. The molecule has 3 heterocycles. The predicted octanol–water partition coefficient (Wildman–Crippen LogP) is 5.66. The molecule has 1 aliphatic heterocycles. The van der Waals surface area contributed by atoms with Gasteiger partial charge in [0, 0.05) is 34.9 Å². The summed E-state index contributed by atoms with van der Waals surface area (Å²) in [7, 11) is 0. The van der Waals surface area contributed by atoms with Gasteiger partial charge >= 0.3 is 0 Å². The van der Waals surface area contributed by atoms with Crippen LogP contribution in [0.3, 0.4) is 0 Å². The van der Waals surface area contributed by atoms with Crippen molar-refractivity contribution < 1.29 is 9.18 Å². The zero-order chi connectivity index (χ0) is 25.9. The van der Waals surface area contributed by atoms with Gasteiger partial charge in [0.05, 0.1) is 18.4 Å². The molecule has 37 heavy (non-hydrogen) atoms. The zero-order valence-electron chi connectivity index (χ0n) is 20.8. The van der Waals surface area contributed by atoms with Crippen molar-refractivity contribution in [1.29, 1.82) is 0 Å². The number of amides is 1. The van der Waals surface area contributed by atoms with Gasteiger partial charge in [-0.3, -0.25) is 14.4 Å². The van der Waals surface area contributed by atoms with E-state index in [0.717, 1.165) is 43.6 Å². The molecule has 0 aliphatic carbocycles. The fraction of sp³-hybridized carbons (Fsp3) is 0.333. The summed E-state index contributed by atoms with van der Waals surface area (Å²) in [6.07, 6.45) is 5.76. The monoisotopic (exact) mass is 521 g/mol. The Balaban J connectivity index is 1.27. The van der Waals surface area contributed by atoms with E-state index < -0.39 is 11.7 Å². The van der Waals surface area contributed by atoms with Crippen molar-refractivity contribution in [3.05, 3.63) is 76.3 Å². The molecule has 5 rings (SSSR count). The molecule has 192 valence electrons. The maximum absolute atomic E-state index is 14.8. The second-order valence-corrected chi connectivity index (χ2v) is 9.70. The molecule has 2 aromatic heterocycles. The average molecular weight is 522 g/mol. The number of halogens is 2. The van der Waals surface area contributed by atoms with E-state index in [4.69, 9.17) is 11.6 Å². The smallest absolute Gasteiger partial charge is 0.255 e. The largest absolute Gasteiger partial charge is 0.362 e. The zero-order valence-corrected chi connectivity index (χ0v) is 21.6. The van der Waals surface area contributed by atoms with Crippen molar-refractivity contribution in [2.75, 3.05) is 23.7 Å². The number of anilines is 2. The van der Waals surface area contributed by atoms with E-state index in [1.807, 2.05) is 38.2 Å². The van der Waals surface area contributed by atoms with E-state index >= 15 is 0 Å². The SMILES string of the molecule is CCn1cc2ncc(N[C@@H](C)c3cccc(NC(=O)c4cc(F)c(CN5CCCC5)c(Cl)c4)c3)nc2n1. The van der Waals surface area contributed by atoms with Gasteiger partial charge in [0.1, 0.15) is 17.2 Å². The Kier molecular flexibility index (Phi) is 7.34. The quantitative estimate of drug-likeness (QED) is 0.311. The van der Waals surface area contributed by atoms with Gasteiger partial charge in [-0.1, -0.05) is 23.7 Å². The van der Waals surface area contributed by atoms with Crippen molar-refractivity contribution in [3.63, 3.8) is 0 Å². The molecule has 0 bridgehead atoms. The molecule has 1 atom stereocenters. The van der Waals surface area contributed by atoms with Gasteiger partial charge in [-0.05, 0) is 69.6 Å². The maximum Gasteiger partial charge on any atom is 0.255 e. The Morgan fingerprint density at radius 3 is 2.78 bits per heavy atom. The van der Waals surface area contributed by atoms with Crippen LogP contribution >= 0.6 is 11.6 Å². The van der Waals surface area contributed by atoms with Crippen LogP contribution in [0.15, 0.2) is 48.8 Å². The van der Waals surface area contributed by atoms with E-state index in [9.17, 15) is 9.18 Å². The number of hydrogen-bond acceptors (Lipinski definition) is 6. The number of carbonyl (C=O) groups excluding carboxylic acids is 1. The first-order valence-electron chi connectivity index (χ1n) is 12.5. The third-order valence-corrected chi connectivity index (χ3v) is 6.93. The molecule has 0 radical (unpaired) electrons. The molecule has 10 heteroatoms. The number of benzene rings is 2. The summed E-state index contributed by atoms with van der Waals surface area (Å²) >= 11 is 6.38. The summed E-state index contributed by atoms with van der Waals surface area (Å²) in [5.41, 5.74) is 3.47. The molecular formula is C27H29ClFN7O. The highest BCUT2D eigenvalue weighted by Crippen LogP contribution is 2.26. The van der Waals surface area contributed by atoms with Crippen molar-refractivity contribution in [2.24, 2.45) is 0 Å². The molecular weight excluding hydrogens is 493 g/mol. The molecule has 8 nitrogen and oxygen atoms in total. The molecule has 1 aliphatic rings. The first-order valence-corrected chi connectivity index (χ1v) is 12.9. The van der Waals surface area contributed by atoms with E-state index in [1.165, 1.54) is 12.1 Å². The highest BCUT2D eigenvalue weighted by molar-refractivity contribution is 6.31. The summed E-state index contributed by atoms with van der Waals surface area (Å²) in [4.78, 5) is 24.1. The molecule has 0 spiro atoms. The Bertz CT molecular complexity index is 1410. The van der Waals surface area contributed by atoms with E-state index in [2.05, 4.69) is 30.6 Å². The first-order chi connectivity index (χ1) is 17.9. The number of likely N-dealkylation sites (tertiary alicyclic amines) is 1. The van der Waals surface area contributed by atoms with Crippen LogP contribution in [0.25, 0.3) is 11.2 Å². The topological polar surface area (TPSA) is 88.0 Å². The van der Waals surface area contributed by atoms with Crippen LogP contribution in [-0.2, 0) is 13.1 Å². The lowest BCUT2D eigenvalue weighted by molar-refractivity contribution is 0.102. The van der Waals surface area contributed by atoms with Gasteiger partial charge in [-0.15, -0.1) is 0 Å². The van der Waals surface area contributed by atoms with Gasteiger partial charge in [0.15, 0.2) is 0 Å². The number of carbonyl (C=O) groups is 1. The predicted molar refractivity (Wildman–Crippen MR) is 143 cm³/mol. The number of nitrogens with zero attached hydrogens (tertiary/aromatic N) is 5. The lowest BCUT2D eigenvalue weighted by Gasteiger charge is -2.17. The molecule has 2 aromatic carbocycles. The third kappa shape index (κ3) is 5.73. The van der Waals surface area contributed by atoms with Crippen molar-refractivity contribution in [3.8, 4) is 0 Å². The summed E-state index contributed by atoms with van der Waals surface area (Å²) in [6, 6.07) is 10.1. The number of hydrogen-bond donors (Lipinski definition) is 2. The van der Waals surface area contributed by atoms with Crippen LogP contribution in [0.5, 0.6) is 0 Å². The second-order valence-electron chi connectivity index (χ2n) is 9.30. The highest BCUT2D eigenvalue weighted by atomic mass is 35.5. The molecule has 4 aromatic rings. The van der Waals surface area contributed by atoms with Crippen LogP contribution in [0, 0.1) is 5.82 Å². The molecule has 0 saturated carbocycles. The van der Waals surface area contributed by atoms with Gasteiger partial charge < -0.3 is 10.6 Å². The number of rotatable bonds is 8. The Hall–Kier alpha value is -3.56. The fourth-order valence-corrected chi connectivity index (χ4v) is 4.79. The molecule has 2 N–H and O–H groups in total. The second kappa shape index (κ2) is 10.8. The summed E-state index contributed by atoms with van der Waals surface area (Å²) in [5.74, 6) is -0.276. The average Bonchev–Trinajstić information content (AvgIpc) is 3.55. The maximum atomic E-state index is 14.8. The number of aromatic nitrogens is 4. The van der Waals surface area contributed by atoms with E-state index in [1.54, 1.807) is 16.9 Å². The van der Waals surface area contributed by atoms with Gasteiger partial charge in [-0.25, -0.2) is 14.4 Å². The van der Waals surface area contributed by atoms with Crippen LogP contribution in [0.2, 0.25) is 5.02 Å². The summed E-state index contributed by atoms with van der Waals surface area (Å²) < 4.78 is 16.6. The van der Waals surface area contributed by atoms with Crippen molar-refractivity contribution >= 4 is 40.2 Å². The molecule has 0 unspecified atom stereocenters. The van der Waals surface area contributed by atoms with Crippen LogP contribution in [0.1, 0.15) is 54.2 Å². The number of nitrogens with one attached hydrogen (secondary N) is 2. The lowest BCUT2D eigenvalue weighted by Crippen LogP contribution is -2.20. The van der Waals surface area contributed by atoms with Gasteiger partial charge in [0.2, 0.25) is 5.65 Å². The van der Waals surface area contributed by atoms with Crippen LogP contribution < -0.4 is 10.6 Å². The number of fused-ring (bicyclic) bond motifs is 1.